The highest BCUT2D eigenvalue weighted by atomic mass is 79.9. The lowest BCUT2D eigenvalue weighted by atomic mass is 9.95. The molecule has 0 radical (unpaired) electrons. The van der Waals surface area contributed by atoms with Gasteiger partial charge in [-0.05, 0) is 63.1 Å². The summed E-state index contributed by atoms with van der Waals surface area (Å²) in [6.07, 6.45) is 0.323. The maximum atomic E-state index is 12.1. The number of esters is 1. The number of carbonyl (C=O) groups is 1. The van der Waals surface area contributed by atoms with Gasteiger partial charge >= 0.3 is 5.97 Å². The van der Waals surface area contributed by atoms with Crippen molar-refractivity contribution in [1.29, 1.82) is 0 Å². The number of hydrogen-bond acceptors (Lipinski definition) is 9. The monoisotopic (exact) mass is 728 g/mol. The average Bonchev–Trinajstić information content (AvgIpc) is 3.61. The van der Waals surface area contributed by atoms with Gasteiger partial charge in [0.25, 0.3) is 5.69 Å². The maximum Gasteiger partial charge on any atom is 0.344 e. The molecule has 4 aromatic rings. The number of rotatable bonds is 9. The molecule has 0 saturated carbocycles. The fourth-order valence-corrected chi connectivity index (χ4v) is 5.94. The maximum absolute atomic E-state index is 12.1. The molecule has 1 unspecified atom stereocenters. The number of hydrogen-bond donors (Lipinski definition) is 0. The molecule has 1 aliphatic rings. The van der Waals surface area contributed by atoms with Crippen molar-refractivity contribution in [2.45, 2.75) is 46.3 Å². The molecule has 0 N–H and O–H groups in total. The Morgan fingerprint density at radius 1 is 1.14 bits per heavy atom. The third-order valence-corrected chi connectivity index (χ3v) is 8.02. The van der Waals surface area contributed by atoms with E-state index >= 15 is 0 Å². The molecule has 1 atom stereocenters. The quantitative estimate of drug-likeness (QED) is 0.0968. The molecular weight excluding hydrogens is 700 g/mol. The van der Waals surface area contributed by atoms with Gasteiger partial charge in [-0.15, -0.1) is 28.3 Å². The second-order valence-corrected chi connectivity index (χ2v) is 12.0. The number of carbonyl (C=O) groups excluding carboxylic acids is 1. The zero-order valence-corrected chi connectivity index (χ0v) is 28.1. The van der Waals surface area contributed by atoms with E-state index in [0.717, 1.165) is 32.4 Å². The molecule has 0 bridgehead atoms. The molecule has 9 nitrogen and oxygen atoms in total. The summed E-state index contributed by atoms with van der Waals surface area (Å²) >= 11 is 4.94. The van der Waals surface area contributed by atoms with E-state index in [1.807, 2.05) is 35.5 Å². The van der Waals surface area contributed by atoms with Gasteiger partial charge in [-0.25, -0.2) is 14.8 Å². The normalized spacial score (nSPS) is 14.3. The fraction of sp³-hybridized carbons (Fsp3) is 0.258. The largest absolute Gasteiger partial charge is 0.481 e. The van der Waals surface area contributed by atoms with Crippen LogP contribution < -0.4 is 9.75 Å². The van der Waals surface area contributed by atoms with E-state index in [0.29, 0.717) is 28.6 Å². The minimum Gasteiger partial charge on any atom is -0.481 e. The Hall–Kier alpha value is -3.61. The number of non-ortho nitro benzene ring substituents is 1. The van der Waals surface area contributed by atoms with Crippen molar-refractivity contribution in [2.75, 3.05) is 11.6 Å². The van der Waals surface area contributed by atoms with Gasteiger partial charge in [-0.2, -0.15) is 5.10 Å². The Kier molecular flexibility index (Phi) is 10.4. The Morgan fingerprint density at radius 2 is 1.93 bits per heavy atom. The number of nitro groups is 1. The van der Waals surface area contributed by atoms with Gasteiger partial charge in [-0.1, -0.05) is 45.8 Å². The first-order valence-electron chi connectivity index (χ1n) is 13.4. The van der Waals surface area contributed by atoms with Crippen molar-refractivity contribution in [3.8, 4) is 17.0 Å². The first-order valence-corrected chi connectivity index (χ1v) is 15.0. The lowest BCUT2D eigenvalue weighted by molar-refractivity contribution is -0.384. The molecule has 0 spiro atoms. The zero-order chi connectivity index (χ0) is 30.0. The lowest BCUT2D eigenvalue weighted by Crippen LogP contribution is -2.19. The van der Waals surface area contributed by atoms with Crippen LogP contribution >= 0.6 is 44.2 Å². The predicted molar refractivity (Wildman–Crippen MR) is 178 cm³/mol. The van der Waals surface area contributed by atoms with Gasteiger partial charge in [0.05, 0.1) is 28.5 Å². The summed E-state index contributed by atoms with van der Waals surface area (Å²) in [4.78, 5) is 28.2. The molecule has 0 fully saturated rings. The average molecular weight is 730 g/mol. The smallest absolute Gasteiger partial charge is 0.344 e. The molecule has 3 aromatic carbocycles. The molecule has 12 heteroatoms. The summed E-state index contributed by atoms with van der Waals surface area (Å²) in [7, 11) is 0. The second kappa shape index (κ2) is 13.8. The van der Waals surface area contributed by atoms with Crippen LogP contribution in [0.2, 0.25) is 0 Å². The number of hydrazone groups is 1. The van der Waals surface area contributed by atoms with E-state index < -0.39 is 5.97 Å². The molecule has 43 heavy (non-hydrogen) atoms. The van der Waals surface area contributed by atoms with Crippen molar-refractivity contribution in [1.82, 2.24) is 4.98 Å². The number of nitro benzene ring substituents is 1. The highest BCUT2D eigenvalue weighted by molar-refractivity contribution is 9.10. The standard InChI is InChI=1S/C31H29BrN4O5S.BrH/c1-18(2)41-30(37)16-40-29-11-10-22(32)14-25(29)27-17-42-31(33-27)35-28(21-6-5-7-23(13-21)36(38)39)15-26(34-35)24-12-19(3)8-9-20(24)4;/h5-14,17-18,28H,15-16H2,1-4H3;1H. The Balaban J connectivity index is 0.00000423. The summed E-state index contributed by atoms with van der Waals surface area (Å²) < 4.78 is 11.9. The van der Waals surface area contributed by atoms with Crippen molar-refractivity contribution in [2.24, 2.45) is 5.10 Å². The molecule has 0 saturated heterocycles. The molecule has 0 amide bonds. The Morgan fingerprint density at radius 3 is 2.67 bits per heavy atom. The topological polar surface area (TPSA) is 107 Å². The molecule has 1 aromatic heterocycles. The van der Waals surface area contributed by atoms with Crippen molar-refractivity contribution < 1.29 is 19.2 Å². The van der Waals surface area contributed by atoms with E-state index in [9.17, 15) is 14.9 Å². The summed E-state index contributed by atoms with van der Waals surface area (Å²) in [6, 6.07) is 18.1. The van der Waals surface area contributed by atoms with E-state index in [1.165, 1.54) is 17.4 Å². The lowest BCUT2D eigenvalue weighted by Gasteiger charge is -2.21. The number of benzene rings is 3. The van der Waals surface area contributed by atoms with Crippen molar-refractivity contribution in [3.05, 3.63) is 103 Å². The Labute approximate surface area is 272 Å². The molecular formula is C31H30Br2N4O5S. The molecule has 2 heterocycles. The SMILES string of the molecule is Br.Cc1ccc(C)c(C2=NN(c3nc(-c4cc(Br)ccc4OCC(=O)OC(C)C)cs3)C(c3cccc([N+](=O)[O-])c3)C2)c1. The number of nitrogens with zero attached hydrogens (tertiary/aromatic N) is 4. The van der Waals surface area contributed by atoms with Crippen LogP contribution in [0.25, 0.3) is 11.3 Å². The minimum absolute atomic E-state index is 0. The minimum atomic E-state index is -0.456. The summed E-state index contributed by atoms with van der Waals surface area (Å²) in [5, 5.41) is 21.0. The van der Waals surface area contributed by atoms with Gasteiger partial charge in [0.2, 0.25) is 5.13 Å². The summed E-state index contributed by atoms with van der Waals surface area (Å²) in [5.74, 6) is 0.0370. The first-order chi connectivity index (χ1) is 20.1. The number of anilines is 1. The molecule has 1 aliphatic heterocycles. The second-order valence-electron chi connectivity index (χ2n) is 10.3. The fourth-order valence-electron chi connectivity index (χ4n) is 4.76. The number of thiazole rings is 1. The van der Waals surface area contributed by atoms with Crippen LogP contribution in [0.5, 0.6) is 5.75 Å². The van der Waals surface area contributed by atoms with Gasteiger partial charge in [-0.3, -0.25) is 10.1 Å². The number of aryl methyl sites for hydroxylation is 2. The van der Waals surface area contributed by atoms with E-state index in [-0.39, 0.29) is 46.3 Å². The first kappa shape index (κ1) is 32.3. The molecule has 224 valence electrons. The third kappa shape index (κ3) is 7.49. The number of ether oxygens (including phenoxy) is 2. The highest BCUT2D eigenvalue weighted by Gasteiger charge is 2.33. The van der Waals surface area contributed by atoms with Crippen LogP contribution in [0.4, 0.5) is 10.8 Å². The number of halogens is 2. The van der Waals surface area contributed by atoms with Crippen LogP contribution in [0, 0.1) is 24.0 Å². The van der Waals surface area contributed by atoms with Crippen LogP contribution in [-0.2, 0) is 9.53 Å². The van der Waals surface area contributed by atoms with Crippen LogP contribution in [0.3, 0.4) is 0 Å². The zero-order valence-electron chi connectivity index (χ0n) is 23.9. The summed E-state index contributed by atoms with van der Waals surface area (Å²) in [5.41, 5.74) is 6.32. The van der Waals surface area contributed by atoms with Crippen LogP contribution in [0.1, 0.15) is 48.6 Å². The van der Waals surface area contributed by atoms with Crippen LogP contribution in [0.15, 0.2) is 75.6 Å². The predicted octanol–water partition coefficient (Wildman–Crippen LogP) is 8.36. The third-order valence-electron chi connectivity index (χ3n) is 6.70. The van der Waals surface area contributed by atoms with Gasteiger partial charge in [0.15, 0.2) is 6.61 Å². The molecule has 0 aliphatic carbocycles. The van der Waals surface area contributed by atoms with E-state index in [2.05, 4.69) is 41.1 Å². The van der Waals surface area contributed by atoms with Gasteiger partial charge in [0, 0.05) is 39.5 Å². The van der Waals surface area contributed by atoms with Gasteiger partial charge < -0.3 is 9.47 Å². The van der Waals surface area contributed by atoms with E-state index in [4.69, 9.17) is 19.6 Å². The molecule has 5 rings (SSSR count). The number of aromatic nitrogens is 1. The van der Waals surface area contributed by atoms with E-state index in [1.54, 1.807) is 32.0 Å². The van der Waals surface area contributed by atoms with Gasteiger partial charge in [0.1, 0.15) is 5.75 Å². The van der Waals surface area contributed by atoms with Crippen molar-refractivity contribution >= 4 is 66.7 Å². The van der Waals surface area contributed by atoms with Crippen LogP contribution in [-0.4, -0.2) is 34.3 Å². The summed E-state index contributed by atoms with van der Waals surface area (Å²) in [6.45, 7) is 7.44. The highest BCUT2D eigenvalue weighted by Crippen LogP contribution is 2.42. The van der Waals surface area contributed by atoms with Crippen molar-refractivity contribution in [3.63, 3.8) is 0 Å². The Bertz CT molecular complexity index is 1690.